The third-order valence-corrected chi connectivity index (χ3v) is 2.78. The normalized spacial score (nSPS) is 19.2. The van der Waals surface area contributed by atoms with E-state index in [0.29, 0.717) is 6.54 Å². The minimum absolute atomic E-state index is 0.00214. The van der Waals surface area contributed by atoms with Crippen molar-refractivity contribution in [3.63, 3.8) is 0 Å². The number of rotatable bonds is 5. The van der Waals surface area contributed by atoms with Crippen molar-refractivity contribution in [3.8, 4) is 0 Å². The van der Waals surface area contributed by atoms with Crippen molar-refractivity contribution in [1.82, 2.24) is 5.32 Å². The van der Waals surface area contributed by atoms with Gasteiger partial charge in [0.25, 0.3) is 0 Å². The number of carbonyl (C=O) groups is 1. The van der Waals surface area contributed by atoms with E-state index in [4.69, 9.17) is 5.11 Å². The number of nitrogens with one attached hydrogen (secondary N) is 1. The molecule has 0 aromatic carbocycles. The monoisotopic (exact) mass is 197 g/mol. The molecule has 0 atom stereocenters. The van der Waals surface area contributed by atoms with E-state index in [1.165, 1.54) is 0 Å². The lowest BCUT2D eigenvalue weighted by Gasteiger charge is -2.12. The van der Waals surface area contributed by atoms with Gasteiger partial charge in [-0.05, 0) is 26.2 Å². The first-order valence-electron chi connectivity index (χ1n) is 5.19. The highest BCUT2D eigenvalue weighted by molar-refractivity contribution is 5.92. The first-order valence-corrected chi connectivity index (χ1v) is 5.19. The van der Waals surface area contributed by atoms with E-state index < -0.39 is 0 Å². The summed E-state index contributed by atoms with van der Waals surface area (Å²) in [5, 5.41) is 11.9. The largest absolute Gasteiger partial charge is 0.396 e. The van der Waals surface area contributed by atoms with Crippen LogP contribution in [0.15, 0.2) is 11.6 Å². The zero-order valence-electron chi connectivity index (χ0n) is 8.97. The molecular weight excluding hydrogens is 178 g/mol. The molecule has 1 amide bonds. The summed E-state index contributed by atoms with van der Waals surface area (Å²) in [6.07, 6.45) is 4.85. The maximum Gasteiger partial charge on any atom is 0.246 e. The van der Waals surface area contributed by atoms with Gasteiger partial charge < -0.3 is 10.4 Å². The van der Waals surface area contributed by atoms with E-state index in [1.807, 2.05) is 19.9 Å². The third kappa shape index (κ3) is 2.84. The Morgan fingerprint density at radius 3 is 2.64 bits per heavy atom. The van der Waals surface area contributed by atoms with Crippen molar-refractivity contribution < 1.29 is 9.90 Å². The molecule has 3 heteroatoms. The maximum atomic E-state index is 11.5. The molecule has 3 nitrogen and oxygen atoms in total. The predicted octanol–water partition coefficient (Wildman–Crippen LogP) is 1.23. The molecule has 0 aromatic rings. The molecule has 1 fully saturated rings. The molecule has 80 valence electrons. The molecule has 1 rings (SSSR count). The molecule has 0 aliphatic heterocycles. The third-order valence-electron chi connectivity index (χ3n) is 2.78. The average molecular weight is 197 g/mol. The summed E-state index contributed by atoms with van der Waals surface area (Å²) < 4.78 is 0. The van der Waals surface area contributed by atoms with Gasteiger partial charge in [0, 0.05) is 17.5 Å². The van der Waals surface area contributed by atoms with Crippen LogP contribution in [0.3, 0.4) is 0 Å². The van der Waals surface area contributed by atoms with Gasteiger partial charge in [-0.2, -0.15) is 0 Å². The van der Waals surface area contributed by atoms with Crippen LogP contribution in [0.2, 0.25) is 0 Å². The minimum atomic E-state index is -0.00780. The molecule has 1 saturated carbocycles. The first kappa shape index (κ1) is 11.2. The molecule has 1 aliphatic carbocycles. The van der Waals surface area contributed by atoms with E-state index in [1.54, 1.807) is 0 Å². The van der Waals surface area contributed by atoms with Crippen LogP contribution in [0.5, 0.6) is 0 Å². The summed E-state index contributed by atoms with van der Waals surface area (Å²) >= 11 is 0. The van der Waals surface area contributed by atoms with Gasteiger partial charge in [0.05, 0.1) is 6.61 Å². The van der Waals surface area contributed by atoms with Crippen LogP contribution in [0.4, 0.5) is 0 Å². The summed E-state index contributed by atoms with van der Waals surface area (Å²) in [4.78, 5) is 11.5. The van der Waals surface area contributed by atoms with Gasteiger partial charge in [-0.15, -0.1) is 0 Å². The number of allylic oxidation sites excluding steroid dienone is 1. The fourth-order valence-corrected chi connectivity index (χ4v) is 1.37. The van der Waals surface area contributed by atoms with Crippen molar-refractivity contribution in [3.05, 3.63) is 11.6 Å². The Hall–Kier alpha value is -0.830. The van der Waals surface area contributed by atoms with E-state index in [0.717, 1.165) is 24.8 Å². The Morgan fingerprint density at radius 2 is 2.21 bits per heavy atom. The lowest BCUT2D eigenvalue weighted by molar-refractivity contribution is -0.117. The molecule has 0 aromatic heterocycles. The zero-order chi connectivity index (χ0) is 10.6. The molecule has 0 bridgehead atoms. The highest BCUT2D eigenvalue weighted by Gasteiger charge is 2.42. The van der Waals surface area contributed by atoms with E-state index in [9.17, 15) is 4.79 Å². The minimum Gasteiger partial charge on any atom is -0.396 e. The summed E-state index contributed by atoms with van der Waals surface area (Å²) in [6, 6.07) is 0. The van der Waals surface area contributed by atoms with Gasteiger partial charge >= 0.3 is 0 Å². The number of hydrogen-bond acceptors (Lipinski definition) is 2. The Balaban J connectivity index is 2.31. The van der Waals surface area contributed by atoms with Crippen LogP contribution in [-0.4, -0.2) is 24.2 Å². The van der Waals surface area contributed by atoms with Gasteiger partial charge in [0.2, 0.25) is 5.91 Å². The number of aliphatic hydroxyl groups excluding tert-OH is 1. The molecule has 14 heavy (non-hydrogen) atoms. The number of carbonyl (C=O) groups excluding carboxylic acids is 1. The van der Waals surface area contributed by atoms with Gasteiger partial charge in [0.1, 0.15) is 0 Å². The lowest BCUT2D eigenvalue weighted by atomic mass is 10.1. The van der Waals surface area contributed by atoms with Gasteiger partial charge in [-0.1, -0.05) is 13.0 Å². The Bertz CT molecular complexity index is 242. The Kier molecular flexibility index (Phi) is 3.69. The quantitative estimate of drug-likeness (QED) is 0.651. The predicted molar refractivity (Wildman–Crippen MR) is 55.8 cm³/mol. The molecule has 0 heterocycles. The molecule has 0 unspecified atom stereocenters. The SMILES string of the molecule is CC/C=C(/C)C(=O)NCC1(CO)CC1. The van der Waals surface area contributed by atoms with Crippen LogP contribution in [0, 0.1) is 5.41 Å². The zero-order valence-corrected chi connectivity index (χ0v) is 8.97. The highest BCUT2D eigenvalue weighted by Crippen LogP contribution is 2.44. The second kappa shape index (κ2) is 4.60. The van der Waals surface area contributed by atoms with Gasteiger partial charge in [-0.25, -0.2) is 0 Å². The second-order valence-corrected chi connectivity index (χ2v) is 4.14. The summed E-state index contributed by atoms with van der Waals surface area (Å²) in [5.74, 6) is -0.00780. The summed E-state index contributed by atoms with van der Waals surface area (Å²) in [5.41, 5.74) is 0.767. The Labute approximate surface area is 85.2 Å². The van der Waals surface area contributed by atoms with Gasteiger partial charge in [-0.3, -0.25) is 4.79 Å². The van der Waals surface area contributed by atoms with Crippen molar-refractivity contribution in [1.29, 1.82) is 0 Å². The molecule has 0 radical (unpaired) electrons. The average Bonchev–Trinajstić information content (AvgIpc) is 2.95. The molecule has 2 N–H and O–H groups in total. The van der Waals surface area contributed by atoms with Crippen LogP contribution < -0.4 is 5.32 Å². The Morgan fingerprint density at radius 1 is 1.57 bits per heavy atom. The van der Waals surface area contributed by atoms with Crippen LogP contribution in [0.1, 0.15) is 33.1 Å². The molecule has 0 spiro atoms. The van der Waals surface area contributed by atoms with E-state index >= 15 is 0 Å². The smallest absolute Gasteiger partial charge is 0.246 e. The van der Waals surface area contributed by atoms with Crippen LogP contribution in [-0.2, 0) is 4.79 Å². The fraction of sp³-hybridized carbons (Fsp3) is 0.727. The van der Waals surface area contributed by atoms with E-state index in [-0.39, 0.29) is 17.9 Å². The van der Waals surface area contributed by atoms with E-state index in [2.05, 4.69) is 5.32 Å². The number of aliphatic hydroxyl groups is 1. The second-order valence-electron chi connectivity index (χ2n) is 4.14. The van der Waals surface area contributed by atoms with Crippen LogP contribution in [0.25, 0.3) is 0 Å². The van der Waals surface area contributed by atoms with Crippen molar-refractivity contribution >= 4 is 5.91 Å². The maximum absolute atomic E-state index is 11.5. The van der Waals surface area contributed by atoms with Crippen LogP contribution >= 0.6 is 0 Å². The van der Waals surface area contributed by atoms with Crippen molar-refractivity contribution in [2.45, 2.75) is 33.1 Å². The number of amides is 1. The lowest BCUT2D eigenvalue weighted by Crippen LogP contribution is -2.32. The highest BCUT2D eigenvalue weighted by atomic mass is 16.3. The van der Waals surface area contributed by atoms with Gasteiger partial charge in [0.15, 0.2) is 0 Å². The first-order chi connectivity index (χ1) is 6.63. The molecule has 1 aliphatic rings. The van der Waals surface area contributed by atoms with Crippen molar-refractivity contribution in [2.24, 2.45) is 5.41 Å². The fourth-order valence-electron chi connectivity index (χ4n) is 1.37. The summed E-state index contributed by atoms with van der Waals surface area (Å²) in [7, 11) is 0. The number of hydrogen-bond donors (Lipinski definition) is 2. The molecular formula is C11H19NO2. The molecule has 0 saturated heterocycles. The topological polar surface area (TPSA) is 49.3 Å². The summed E-state index contributed by atoms with van der Waals surface area (Å²) in [6.45, 7) is 4.62. The standard InChI is InChI=1S/C11H19NO2/c1-3-4-9(2)10(14)12-7-11(8-13)5-6-11/h4,13H,3,5-8H2,1-2H3,(H,12,14)/b9-4-. The van der Waals surface area contributed by atoms with Crippen molar-refractivity contribution in [2.75, 3.05) is 13.2 Å².